The van der Waals surface area contributed by atoms with Gasteiger partial charge in [0, 0.05) is 12.0 Å². The SMILES string of the molecule is Br.COc1ccc(N2C3=[N+](CCCCC3)CC2(O)c2ccc(C)cc2)cc1. The molecule has 0 aliphatic carbocycles. The van der Waals surface area contributed by atoms with Crippen molar-refractivity contribution in [3.63, 3.8) is 0 Å². The topological polar surface area (TPSA) is 35.7 Å². The average molecular weight is 432 g/mol. The van der Waals surface area contributed by atoms with E-state index in [-0.39, 0.29) is 17.0 Å². The monoisotopic (exact) mass is 431 g/mol. The van der Waals surface area contributed by atoms with Gasteiger partial charge in [-0.05, 0) is 50.5 Å². The number of rotatable bonds is 3. The van der Waals surface area contributed by atoms with Crippen LogP contribution in [0.2, 0.25) is 0 Å². The number of aryl methyl sites for hydroxylation is 1. The third-order valence-corrected chi connectivity index (χ3v) is 5.58. The molecular weight excluding hydrogens is 404 g/mol. The minimum absolute atomic E-state index is 0. The fourth-order valence-electron chi connectivity index (χ4n) is 4.16. The Kier molecular flexibility index (Phi) is 5.92. The van der Waals surface area contributed by atoms with Gasteiger partial charge < -0.3 is 9.84 Å². The van der Waals surface area contributed by atoms with Crippen molar-refractivity contribution < 1.29 is 14.4 Å². The smallest absolute Gasteiger partial charge is 0.275 e. The van der Waals surface area contributed by atoms with Crippen LogP contribution in [0.1, 0.15) is 36.8 Å². The first-order chi connectivity index (χ1) is 12.6. The Bertz CT molecular complexity index is 817. The van der Waals surface area contributed by atoms with Crippen molar-refractivity contribution in [2.75, 3.05) is 25.1 Å². The zero-order valence-electron chi connectivity index (χ0n) is 16.0. The molecule has 2 aliphatic heterocycles. The fraction of sp³-hybridized carbons (Fsp3) is 0.409. The second kappa shape index (κ2) is 8.03. The lowest BCUT2D eigenvalue weighted by molar-refractivity contribution is -0.534. The predicted octanol–water partition coefficient (Wildman–Crippen LogP) is 4.23. The van der Waals surface area contributed by atoms with Crippen molar-refractivity contribution in [1.29, 1.82) is 0 Å². The van der Waals surface area contributed by atoms with Gasteiger partial charge in [0.25, 0.3) is 11.6 Å². The van der Waals surface area contributed by atoms with E-state index in [1.54, 1.807) is 7.11 Å². The Morgan fingerprint density at radius 3 is 2.37 bits per heavy atom. The molecule has 2 aromatic rings. The van der Waals surface area contributed by atoms with E-state index in [9.17, 15) is 5.11 Å². The van der Waals surface area contributed by atoms with Crippen LogP contribution in [0.25, 0.3) is 0 Å². The molecular formula is C22H28BrN2O2+. The Labute approximate surface area is 171 Å². The number of hydrogen-bond donors (Lipinski definition) is 1. The number of anilines is 1. The molecule has 4 rings (SSSR count). The van der Waals surface area contributed by atoms with Crippen LogP contribution in [-0.2, 0) is 5.72 Å². The highest BCUT2D eigenvalue weighted by molar-refractivity contribution is 8.93. The number of methoxy groups -OCH3 is 1. The summed E-state index contributed by atoms with van der Waals surface area (Å²) in [6, 6.07) is 16.3. The van der Waals surface area contributed by atoms with E-state index in [1.165, 1.54) is 30.7 Å². The average Bonchev–Trinajstić information content (AvgIpc) is 2.79. The lowest BCUT2D eigenvalue weighted by atomic mass is 9.99. The third kappa shape index (κ3) is 3.63. The highest BCUT2D eigenvalue weighted by atomic mass is 79.9. The summed E-state index contributed by atoms with van der Waals surface area (Å²) < 4.78 is 7.68. The van der Waals surface area contributed by atoms with Gasteiger partial charge in [-0.1, -0.05) is 29.8 Å². The summed E-state index contributed by atoms with van der Waals surface area (Å²) in [6.45, 7) is 3.69. The van der Waals surface area contributed by atoms with Gasteiger partial charge in [0.1, 0.15) is 11.4 Å². The standard InChI is InChI=1S/C22H27N2O2.BrH/c1-17-7-9-18(10-8-17)22(25)16-23-15-5-3-4-6-21(23)24(22)19-11-13-20(26-2)14-12-19;/h7-14,25H,3-6,15-16H2,1-2H3;1H/q+1;. The molecule has 0 saturated carbocycles. The zero-order chi connectivity index (χ0) is 18.1. The van der Waals surface area contributed by atoms with Gasteiger partial charge >= 0.3 is 0 Å². The molecule has 0 amide bonds. The van der Waals surface area contributed by atoms with E-state index in [2.05, 4.69) is 40.7 Å². The fourth-order valence-corrected chi connectivity index (χ4v) is 4.16. The van der Waals surface area contributed by atoms with Crippen molar-refractivity contribution in [1.82, 2.24) is 0 Å². The Balaban J connectivity index is 0.00000210. The van der Waals surface area contributed by atoms with E-state index in [1.807, 2.05) is 24.3 Å². The normalized spacial score (nSPS) is 22.1. The quantitative estimate of drug-likeness (QED) is 0.738. The Hall–Kier alpha value is -1.85. The molecule has 2 heterocycles. The van der Waals surface area contributed by atoms with Crippen molar-refractivity contribution in [2.45, 2.75) is 38.3 Å². The number of nitrogens with zero attached hydrogens (tertiary/aromatic N) is 2. The zero-order valence-corrected chi connectivity index (χ0v) is 17.7. The summed E-state index contributed by atoms with van der Waals surface area (Å²) in [6.07, 6.45) is 4.60. The second-order valence-corrected chi connectivity index (χ2v) is 7.36. The van der Waals surface area contributed by atoms with Gasteiger partial charge in [-0.25, -0.2) is 0 Å². The highest BCUT2D eigenvalue weighted by Crippen LogP contribution is 2.38. The van der Waals surface area contributed by atoms with E-state index in [0.717, 1.165) is 30.0 Å². The maximum atomic E-state index is 11.8. The van der Waals surface area contributed by atoms with Gasteiger partial charge in [-0.15, -0.1) is 17.0 Å². The molecule has 1 N–H and O–H groups in total. The number of ether oxygens (including phenoxy) is 1. The van der Waals surface area contributed by atoms with Crippen molar-refractivity contribution in [3.8, 4) is 5.75 Å². The summed E-state index contributed by atoms with van der Waals surface area (Å²) in [4.78, 5) is 2.14. The molecule has 1 unspecified atom stereocenters. The van der Waals surface area contributed by atoms with Crippen LogP contribution in [0.15, 0.2) is 48.5 Å². The lowest BCUT2D eigenvalue weighted by Gasteiger charge is -2.29. The van der Waals surface area contributed by atoms with E-state index < -0.39 is 5.72 Å². The first-order valence-electron chi connectivity index (χ1n) is 9.46. The summed E-state index contributed by atoms with van der Waals surface area (Å²) in [7, 11) is 1.68. The van der Waals surface area contributed by atoms with E-state index in [4.69, 9.17) is 4.74 Å². The number of halogens is 1. The summed E-state index contributed by atoms with van der Waals surface area (Å²) >= 11 is 0. The molecule has 144 valence electrons. The largest absolute Gasteiger partial charge is 0.497 e. The van der Waals surface area contributed by atoms with Crippen LogP contribution in [0.4, 0.5) is 5.69 Å². The predicted molar refractivity (Wildman–Crippen MR) is 114 cm³/mol. The van der Waals surface area contributed by atoms with Crippen LogP contribution in [0, 0.1) is 6.92 Å². The number of benzene rings is 2. The van der Waals surface area contributed by atoms with Crippen molar-refractivity contribution in [2.24, 2.45) is 0 Å². The maximum Gasteiger partial charge on any atom is 0.275 e. The Morgan fingerprint density at radius 1 is 1.00 bits per heavy atom. The van der Waals surface area contributed by atoms with Crippen LogP contribution in [0.3, 0.4) is 0 Å². The molecule has 0 aromatic heterocycles. The first kappa shape index (κ1) is 19.9. The van der Waals surface area contributed by atoms with Gasteiger partial charge in [0.15, 0.2) is 6.54 Å². The van der Waals surface area contributed by atoms with Crippen LogP contribution in [0.5, 0.6) is 5.75 Å². The minimum atomic E-state index is -1.05. The maximum absolute atomic E-state index is 11.8. The van der Waals surface area contributed by atoms with E-state index in [0.29, 0.717) is 6.54 Å². The van der Waals surface area contributed by atoms with Crippen molar-refractivity contribution >= 4 is 28.5 Å². The lowest BCUT2D eigenvalue weighted by Crippen LogP contribution is -2.47. The molecule has 2 aromatic carbocycles. The van der Waals surface area contributed by atoms with Gasteiger partial charge in [-0.2, -0.15) is 4.90 Å². The molecule has 27 heavy (non-hydrogen) atoms. The number of aliphatic hydroxyl groups is 1. The minimum Gasteiger partial charge on any atom is -0.497 e. The molecule has 0 saturated heterocycles. The van der Waals surface area contributed by atoms with Crippen LogP contribution < -0.4 is 9.64 Å². The number of hydrogen-bond acceptors (Lipinski definition) is 3. The molecule has 1 atom stereocenters. The van der Waals surface area contributed by atoms with Gasteiger partial charge in [0.2, 0.25) is 0 Å². The molecule has 0 spiro atoms. The van der Waals surface area contributed by atoms with Crippen molar-refractivity contribution in [3.05, 3.63) is 59.7 Å². The van der Waals surface area contributed by atoms with E-state index >= 15 is 0 Å². The molecule has 0 fully saturated rings. The summed E-state index contributed by atoms with van der Waals surface area (Å²) in [5, 5.41) is 11.8. The molecule has 0 bridgehead atoms. The van der Waals surface area contributed by atoms with Crippen LogP contribution >= 0.6 is 17.0 Å². The second-order valence-electron chi connectivity index (χ2n) is 7.36. The molecule has 5 heteroatoms. The summed E-state index contributed by atoms with van der Waals surface area (Å²) in [5.74, 6) is 2.06. The van der Waals surface area contributed by atoms with Crippen LogP contribution in [-0.4, -0.2) is 35.7 Å². The highest BCUT2D eigenvalue weighted by Gasteiger charge is 2.53. The molecule has 2 aliphatic rings. The number of amidine groups is 1. The van der Waals surface area contributed by atoms with Gasteiger partial charge in [-0.3, -0.25) is 4.58 Å². The summed E-state index contributed by atoms with van der Waals surface area (Å²) in [5.41, 5.74) is 2.11. The first-order valence-corrected chi connectivity index (χ1v) is 9.46. The molecule has 4 nitrogen and oxygen atoms in total. The third-order valence-electron chi connectivity index (χ3n) is 5.58. The van der Waals surface area contributed by atoms with Gasteiger partial charge in [0.05, 0.1) is 13.7 Å². The molecule has 0 radical (unpaired) electrons. The Morgan fingerprint density at radius 2 is 1.70 bits per heavy atom.